The van der Waals surface area contributed by atoms with Gasteiger partial charge in [-0.3, -0.25) is 9.59 Å². The highest BCUT2D eigenvalue weighted by Crippen LogP contribution is 1.69. The molecule has 15 heavy (non-hydrogen) atoms. The van der Waals surface area contributed by atoms with Crippen LogP contribution in [0.15, 0.2) is 0 Å². The Labute approximate surface area is 91.4 Å². The second kappa shape index (κ2) is 12.6. The number of esters is 1. The fraction of sp³-hybridized carbons (Fsp3) is 0.700. The van der Waals surface area contributed by atoms with Gasteiger partial charge in [0.1, 0.15) is 5.78 Å². The number of ether oxygens (including phenoxy) is 1. The van der Waals surface area contributed by atoms with Crippen LogP contribution in [0.1, 0.15) is 27.7 Å². The van der Waals surface area contributed by atoms with E-state index in [1.54, 1.807) is 14.1 Å². The lowest BCUT2D eigenvalue weighted by Gasteiger charge is -2.02. The highest BCUT2D eigenvalue weighted by molar-refractivity contribution is 5.72. The number of Topliss-reactive ketones (excluding diaryl/α,β-unsaturated/α-hetero) is 1. The highest BCUT2D eigenvalue weighted by atomic mass is 16.5. The molecule has 0 spiro atoms. The van der Waals surface area contributed by atoms with E-state index in [0.717, 1.165) is 0 Å². The molecule has 1 amide bonds. The first-order chi connectivity index (χ1) is 6.64. The van der Waals surface area contributed by atoms with E-state index in [1.807, 2.05) is 0 Å². The van der Waals surface area contributed by atoms with E-state index >= 15 is 0 Å². The quantitative estimate of drug-likeness (QED) is 0.567. The Morgan fingerprint density at radius 1 is 0.933 bits per heavy atom. The van der Waals surface area contributed by atoms with Gasteiger partial charge in [0, 0.05) is 27.9 Å². The summed E-state index contributed by atoms with van der Waals surface area (Å²) in [5, 5.41) is 0. The van der Waals surface area contributed by atoms with Crippen LogP contribution in [-0.2, 0) is 19.1 Å². The number of ketones is 1. The van der Waals surface area contributed by atoms with E-state index in [4.69, 9.17) is 0 Å². The molecule has 5 heteroatoms. The van der Waals surface area contributed by atoms with Crippen LogP contribution < -0.4 is 0 Å². The molecule has 0 fully saturated rings. The summed E-state index contributed by atoms with van der Waals surface area (Å²) in [6.07, 6.45) is 0. The predicted molar refractivity (Wildman–Crippen MR) is 58.4 cm³/mol. The maximum atomic E-state index is 10.1. The van der Waals surface area contributed by atoms with Crippen LogP contribution in [-0.4, -0.2) is 43.8 Å². The molecule has 0 aliphatic rings. The molecule has 0 N–H and O–H groups in total. The average Bonchev–Trinajstić information content (AvgIpc) is 2.04. The van der Waals surface area contributed by atoms with E-state index in [9.17, 15) is 14.4 Å². The molecule has 0 unspecified atom stereocenters. The smallest absolute Gasteiger partial charge is 0.302 e. The molecular formula is C10H21NO4. The number of nitrogens with zero attached hydrogens (tertiary/aromatic N) is 1. The lowest BCUT2D eigenvalue weighted by Crippen LogP contribution is -2.17. The molecule has 0 aromatic carbocycles. The first kappa shape index (κ1) is 19.2. The first-order valence-electron chi connectivity index (χ1n) is 4.34. The molecule has 0 aromatic heterocycles. The van der Waals surface area contributed by atoms with Gasteiger partial charge in [0.05, 0.1) is 7.11 Å². The van der Waals surface area contributed by atoms with Crippen LogP contribution in [0.3, 0.4) is 0 Å². The number of rotatable bonds is 0. The van der Waals surface area contributed by atoms with Gasteiger partial charge in [-0.05, 0) is 13.8 Å². The van der Waals surface area contributed by atoms with E-state index < -0.39 is 0 Å². The van der Waals surface area contributed by atoms with Crippen molar-refractivity contribution in [3.8, 4) is 0 Å². The van der Waals surface area contributed by atoms with E-state index in [0.29, 0.717) is 0 Å². The molecule has 5 nitrogen and oxygen atoms in total. The third-order valence-corrected chi connectivity index (χ3v) is 0.917. The van der Waals surface area contributed by atoms with Crippen molar-refractivity contribution in [1.82, 2.24) is 4.90 Å². The van der Waals surface area contributed by atoms with Gasteiger partial charge in [-0.25, -0.2) is 0 Å². The molecule has 0 aromatic rings. The highest BCUT2D eigenvalue weighted by Gasteiger charge is 1.87. The van der Waals surface area contributed by atoms with E-state index in [1.165, 1.54) is 39.7 Å². The van der Waals surface area contributed by atoms with Crippen LogP contribution in [0.5, 0.6) is 0 Å². The molecule has 0 bridgehead atoms. The van der Waals surface area contributed by atoms with E-state index in [2.05, 4.69) is 4.74 Å². The molecule has 0 aliphatic heterocycles. The molecule has 0 atom stereocenters. The van der Waals surface area contributed by atoms with Crippen LogP contribution in [0.25, 0.3) is 0 Å². The Bertz CT molecular complexity index is 196. The Kier molecular flexibility index (Phi) is 16.2. The minimum atomic E-state index is -0.245. The van der Waals surface area contributed by atoms with Gasteiger partial charge in [0.2, 0.25) is 5.91 Å². The SMILES string of the molecule is CC(=O)N(C)C.CC(C)=O.COC(C)=O. The first-order valence-corrected chi connectivity index (χ1v) is 4.34. The Morgan fingerprint density at radius 3 is 1.07 bits per heavy atom. The fourth-order valence-electron chi connectivity index (χ4n) is 0. The van der Waals surface area contributed by atoms with Gasteiger partial charge in [-0.1, -0.05) is 0 Å². The number of carbonyl (C=O) groups excluding carboxylic acids is 3. The largest absolute Gasteiger partial charge is 0.469 e. The summed E-state index contributed by atoms with van der Waals surface area (Å²) < 4.78 is 4.11. The Hall–Kier alpha value is -1.39. The molecule has 90 valence electrons. The zero-order chi connectivity index (χ0) is 13.0. The van der Waals surface area contributed by atoms with Gasteiger partial charge in [-0.15, -0.1) is 0 Å². The van der Waals surface area contributed by atoms with Gasteiger partial charge >= 0.3 is 5.97 Å². The number of methoxy groups -OCH3 is 1. The molecule has 0 rings (SSSR count). The van der Waals surface area contributed by atoms with Crippen LogP contribution in [0.4, 0.5) is 0 Å². The zero-order valence-electron chi connectivity index (χ0n) is 10.6. The van der Waals surface area contributed by atoms with Gasteiger partial charge in [-0.2, -0.15) is 0 Å². The lowest BCUT2D eigenvalue weighted by atomic mass is 10.6. The average molecular weight is 219 g/mol. The van der Waals surface area contributed by atoms with Crippen LogP contribution >= 0.6 is 0 Å². The van der Waals surface area contributed by atoms with Crippen molar-refractivity contribution in [2.45, 2.75) is 27.7 Å². The van der Waals surface area contributed by atoms with Crippen molar-refractivity contribution >= 4 is 17.7 Å². The lowest BCUT2D eigenvalue weighted by molar-refractivity contribution is -0.138. The van der Waals surface area contributed by atoms with Crippen molar-refractivity contribution < 1.29 is 19.1 Å². The molecule has 0 radical (unpaired) electrons. The maximum absolute atomic E-state index is 10.1. The molecule has 0 saturated carbocycles. The predicted octanol–water partition coefficient (Wildman–Crippen LogP) is 0.869. The monoisotopic (exact) mass is 219 g/mol. The summed E-state index contributed by atoms with van der Waals surface area (Å²) in [7, 11) is 4.80. The summed E-state index contributed by atoms with van der Waals surface area (Å²) in [4.78, 5) is 30.6. The van der Waals surface area contributed by atoms with Crippen molar-refractivity contribution in [3.05, 3.63) is 0 Å². The summed E-state index contributed by atoms with van der Waals surface area (Å²) in [6.45, 7) is 5.94. The third kappa shape index (κ3) is 66.8. The van der Waals surface area contributed by atoms with Gasteiger partial charge in [0.25, 0.3) is 0 Å². The number of carbonyl (C=O) groups is 3. The number of amides is 1. The van der Waals surface area contributed by atoms with Crippen molar-refractivity contribution in [2.75, 3.05) is 21.2 Å². The van der Waals surface area contributed by atoms with Crippen LogP contribution in [0.2, 0.25) is 0 Å². The maximum Gasteiger partial charge on any atom is 0.302 e. The third-order valence-electron chi connectivity index (χ3n) is 0.917. The summed E-state index contributed by atoms with van der Waals surface area (Å²) in [5.41, 5.74) is 0. The van der Waals surface area contributed by atoms with Crippen LogP contribution in [0, 0.1) is 0 Å². The number of hydrogen-bond donors (Lipinski definition) is 0. The van der Waals surface area contributed by atoms with Crippen molar-refractivity contribution in [1.29, 1.82) is 0 Å². The van der Waals surface area contributed by atoms with Crippen molar-refractivity contribution in [3.63, 3.8) is 0 Å². The second-order valence-corrected chi connectivity index (χ2v) is 3.02. The standard InChI is InChI=1S/C4H9NO.C3H6O2.C3H6O/c1-4(6)5(2)3;1-3(4)5-2;1-3(2)4/h1-3H3;1-2H3;1-2H3. The minimum Gasteiger partial charge on any atom is -0.469 e. The summed E-state index contributed by atoms with van der Waals surface area (Å²) in [6, 6.07) is 0. The van der Waals surface area contributed by atoms with Gasteiger partial charge in [0.15, 0.2) is 0 Å². The van der Waals surface area contributed by atoms with Gasteiger partial charge < -0.3 is 14.4 Å². The molecular weight excluding hydrogens is 198 g/mol. The second-order valence-electron chi connectivity index (χ2n) is 3.02. The molecule has 0 saturated heterocycles. The molecule has 0 heterocycles. The Balaban J connectivity index is -0.000000147. The normalized spacial score (nSPS) is 7.13. The fourth-order valence-corrected chi connectivity index (χ4v) is 0. The topological polar surface area (TPSA) is 63.7 Å². The summed E-state index contributed by atoms with van der Waals surface area (Å²) in [5.74, 6) is 0.0139. The Morgan fingerprint density at radius 2 is 1.07 bits per heavy atom. The molecule has 0 aliphatic carbocycles. The number of hydrogen-bond acceptors (Lipinski definition) is 4. The zero-order valence-corrected chi connectivity index (χ0v) is 10.6. The minimum absolute atomic E-state index is 0.0926. The van der Waals surface area contributed by atoms with Crippen molar-refractivity contribution in [2.24, 2.45) is 0 Å². The summed E-state index contributed by atoms with van der Waals surface area (Å²) >= 11 is 0. The van der Waals surface area contributed by atoms with E-state index in [-0.39, 0.29) is 17.7 Å².